The van der Waals surface area contributed by atoms with Gasteiger partial charge in [0.15, 0.2) is 0 Å². The molecule has 1 N–H and O–H groups in total. The van der Waals surface area contributed by atoms with Gasteiger partial charge in [0.2, 0.25) is 5.91 Å². The molecule has 17 heavy (non-hydrogen) atoms. The van der Waals surface area contributed by atoms with Gasteiger partial charge in [-0.1, -0.05) is 6.07 Å². The fourth-order valence-electron chi connectivity index (χ4n) is 1.19. The highest BCUT2D eigenvalue weighted by Crippen LogP contribution is 2.06. The summed E-state index contributed by atoms with van der Waals surface area (Å²) in [4.78, 5) is 15.6. The molecule has 0 aliphatic carbocycles. The van der Waals surface area contributed by atoms with Gasteiger partial charge in [-0.25, -0.2) is 4.98 Å². The molecule has 94 valence electrons. The number of hydrogen-bond donors (Lipinski definition) is 1. The largest absolute Gasteiger partial charge is 0.385 e. The van der Waals surface area contributed by atoms with Crippen molar-refractivity contribution < 1.29 is 9.53 Å². The summed E-state index contributed by atoms with van der Waals surface area (Å²) >= 11 is 1.60. The molecule has 0 bridgehead atoms. The summed E-state index contributed by atoms with van der Waals surface area (Å²) in [5.41, 5.74) is 1.08. The quantitative estimate of drug-likeness (QED) is 0.757. The first kappa shape index (κ1) is 14.0. The molecule has 1 amide bonds. The van der Waals surface area contributed by atoms with Crippen molar-refractivity contribution in [3.63, 3.8) is 0 Å². The van der Waals surface area contributed by atoms with Crippen LogP contribution in [0.3, 0.4) is 0 Å². The van der Waals surface area contributed by atoms with Gasteiger partial charge >= 0.3 is 0 Å². The number of nitrogens with zero attached hydrogens (tertiary/aromatic N) is 1. The number of aryl methyl sites for hydroxylation is 1. The van der Waals surface area contributed by atoms with E-state index in [1.165, 1.54) is 0 Å². The lowest BCUT2D eigenvalue weighted by molar-refractivity contribution is -0.113. The normalized spacial score (nSPS) is 10.2. The van der Waals surface area contributed by atoms with Crippen molar-refractivity contribution in [3.05, 3.63) is 23.9 Å². The van der Waals surface area contributed by atoms with Gasteiger partial charge in [0, 0.05) is 19.9 Å². The number of thioether (sulfide) groups is 1. The first-order valence-corrected chi connectivity index (χ1v) is 6.67. The molecule has 0 atom stereocenters. The van der Waals surface area contributed by atoms with Crippen LogP contribution in [0.25, 0.3) is 0 Å². The fourth-order valence-corrected chi connectivity index (χ4v) is 1.91. The summed E-state index contributed by atoms with van der Waals surface area (Å²) in [7, 11) is 1.68. The van der Waals surface area contributed by atoms with Crippen LogP contribution in [-0.4, -0.2) is 36.1 Å². The molecule has 0 aliphatic heterocycles. The lowest BCUT2D eigenvalue weighted by Gasteiger charge is -2.04. The summed E-state index contributed by atoms with van der Waals surface area (Å²) in [6.45, 7) is 2.71. The third kappa shape index (κ3) is 6.28. The van der Waals surface area contributed by atoms with E-state index in [4.69, 9.17) is 4.74 Å². The highest BCUT2D eigenvalue weighted by atomic mass is 32.2. The second kappa shape index (κ2) is 8.08. The molecule has 1 rings (SSSR count). The van der Waals surface area contributed by atoms with Gasteiger partial charge < -0.3 is 10.1 Å². The summed E-state index contributed by atoms with van der Waals surface area (Å²) in [5.74, 6) is 1.99. The van der Waals surface area contributed by atoms with Crippen molar-refractivity contribution in [2.24, 2.45) is 0 Å². The smallest absolute Gasteiger partial charge is 0.235 e. The Morgan fingerprint density at radius 2 is 2.35 bits per heavy atom. The minimum atomic E-state index is -0.0104. The molecule has 1 aromatic heterocycles. The molecule has 0 aliphatic rings. The third-order valence-corrected chi connectivity index (χ3v) is 3.09. The molecule has 0 unspecified atom stereocenters. The number of aromatic nitrogens is 1. The first-order chi connectivity index (χ1) is 8.22. The van der Waals surface area contributed by atoms with E-state index in [-0.39, 0.29) is 5.91 Å². The zero-order valence-electron chi connectivity index (χ0n) is 10.2. The van der Waals surface area contributed by atoms with Gasteiger partial charge in [-0.2, -0.15) is 11.8 Å². The zero-order chi connectivity index (χ0) is 12.5. The van der Waals surface area contributed by atoms with Crippen molar-refractivity contribution in [3.8, 4) is 0 Å². The molecular formula is C12H18N2O2S. The van der Waals surface area contributed by atoms with E-state index in [1.807, 2.05) is 19.1 Å². The molecule has 4 nitrogen and oxygen atoms in total. The van der Waals surface area contributed by atoms with E-state index in [9.17, 15) is 4.79 Å². The number of carbonyl (C=O) groups is 1. The van der Waals surface area contributed by atoms with E-state index in [0.717, 1.165) is 24.3 Å². The lowest BCUT2D eigenvalue weighted by atomic mass is 10.3. The van der Waals surface area contributed by atoms with Crippen LogP contribution in [0.5, 0.6) is 0 Å². The van der Waals surface area contributed by atoms with Crippen LogP contribution in [0.15, 0.2) is 18.3 Å². The second-order valence-electron chi connectivity index (χ2n) is 3.67. The number of anilines is 1. The fraction of sp³-hybridized carbons (Fsp3) is 0.500. The van der Waals surface area contributed by atoms with Crippen molar-refractivity contribution in [2.75, 3.05) is 30.5 Å². The maximum absolute atomic E-state index is 11.5. The number of hydrogen-bond acceptors (Lipinski definition) is 4. The van der Waals surface area contributed by atoms with Crippen molar-refractivity contribution in [1.82, 2.24) is 4.98 Å². The number of carbonyl (C=O) groups excluding carboxylic acids is 1. The first-order valence-electron chi connectivity index (χ1n) is 5.51. The van der Waals surface area contributed by atoms with Crippen LogP contribution in [0, 0.1) is 6.92 Å². The zero-order valence-corrected chi connectivity index (χ0v) is 11.0. The van der Waals surface area contributed by atoms with Gasteiger partial charge in [0.25, 0.3) is 0 Å². The predicted octanol–water partition coefficient (Wildman–Crippen LogP) is 2.10. The van der Waals surface area contributed by atoms with Crippen LogP contribution >= 0.6 is 11.8 Å². The number of nitrogens with one attached hydrogen (secondary N) is 1. The van der Waals surface area contributed by atoms with Gasteiger partial charge in [0.05, 0.1) is 5.75 Å². The predicted molar refractivity (Wildman–Crippen MR) is 71.4 cm³/mol. The number of rotatable bonds is 7. The van der Waals surface area contributed by atoms with Crippen LogP contribution in [0.2, 0.25) is 0 Å². The van der Waals surface area contributed by atoms with E-state index in [2.05, 4.69) is 10.3 Å². The molecule has 0 aromatic carbocycles. The number of methoxy groups -OCH3 is 1. The summed E-state index contributed by atoms with van der Waals surface area (Å²) in [5, 5.41) is 2.76. The third-order valence-electron chi connectivity index (χ3n) is 2.05. The Balaban J connectivity index is 2.18. The average molecular weight is 254 g/mol. The van der Waals surface area contributed by atoms with Gasteiger partial charge in [-0.05, 0) is 30.7 Å². The van der Waals surface area contributed by atoms with E-state index in [1.54, 1.807) is 25.1 Å². The van der Waals surface area contributed by atoms with E-state index < -0.39 is 0 Å². The highest BCUT2D eigenvalue weighted by Gasteiger charge is 2.02. The van der Waals surface area contributed by atoms with Crippen LogP contribution in [0.4, 0.5) is 5.82 Å². The molecule has 5 heteroatoms. The number of ether oxygens (including phenoxy) is 1. The Labute approximate surface area is 106 Å². The van der Waals surface area contributed by atoms with Crippen LogP contribution < -0.4 is 5.32 Å². The Kier molecular flexibility index (Phi) is 6.65. The Bertz CT molecular complexity index is 341. The lowest BCUT2D eigenvalue weighted by Crippen LogP contribution is -2.15. The average Bonchev–Trinajstić information content (AvgIpc) is 2.32. The number of amides is 1. The molecule has 1 aromatic rings. The second-order valence-corrected chi connectivity index (χ2v) is 4.77. The van der Waals surface area contributed by atoms with Crippen molar-refractivity contribution in [2.45, 2.75) is 13.3 Å². The van der Waals surface area contributed by atoms with Crippen LogP contribution in [0.1, 0.15) is 12.0 Å². The molecular weight excluding hydrogens is 236 g/mol. The minimum Gasteiger partial charge on any atom is -0.385 e. The standard InChI is InChI=1S/C12H18N2O2S/c1-10-4-5-11(13-8-10)14-12(15)9-17-7-3-6-16-2/h4-5,8H,3,6-7,9H2,1-2H3,(H,13,14,15). The number of pyridine rings is 1. The summed E-state index contributed by atoms with van der Waals surface area (Å²) in [6.07, 6.45) is 2.71. The molecule has 1 heterocycles. The Hall–Kier alpha value is -1.07. The van der Waals surface area contributed by atoms with Crippen molar-refractivity contribution >= 4 is 23.5 Å². The molecule has 0 spiro atoms. The highest BCUT2D eigenvalue weighted by molar-refractivity contribution is 7.99. The molecule has 0 radical (unpaired) electrons. The Morgan fingerprint density at radius 1 is 1.53 bits per heavy atom. The van der Waals surface area contributed by atoms with Gasteiger partial charge in [0.1, 0.15) is 5.82 Å². The topological polar surface area (TPSA) is 51.2 Å². The maximum Gasteiger partial charge on any atom is 0.235 e. The molecule has 0 saturated heterocycles. The minimum absolute atomic E-state index is 0.0104. The van der Waals surface area contributed by atoms with E-state index >= 15 is 0 Å². The van der Waals surface area contributed by atoms with Gasteiger partial charge in [-0.3, -0.25) is 4.79 Å². The monoisotopic (exact) mass is 254 g/mol. The maximum atomic E-state index is 11.5. The van der Waals surface area contributed by atoms with Crippen molar-refractivity contribution in [1.29, 1.82) is 0 Å². The molecule has 0 fully saturated rings. The Morgan fingerprint density at radius 3 is 3.00 bits per heavy atom. The summed E-state index contributed by atoms with van der Waals surface area (Å²) < 4.78 is 4.93. The SMILES string of the molecule is COCCCSCC(=O)Nc1ccc(C)cn1. The van der Waals surface area contributed by atoms with Crippen LogP contribution in [-0.2, 0) is 9.53 Å². The van der Waals surface area contributed by atoms with Gasteiger partial charge in [-0.15, -0.1) is 0 Å². The summed E-state index contributed by atoms with van der Waals surface area (Å²) in [6, 6.07) is 3.73. The molecule has 0 saturated carbocycles. The van der Waals surface area contributed by atoms with E-state index in [0.29, 0.717) is 11.6 Å².